The van der Waals surface area contributed by atoms with Crippen molar-refractivity contribution in [3.05, 3.63) is 59.4 Å². The second-order valence-electron chi connectivity index (χ2n) is 4.44. The van der Waals surface area contributed by atoms with Crippen molar-refractivity contribution >= 4 is 11.9 Å². The number of nitrogens with one attached hydrogen (secondary N) is 1. The summed E-state index contributed by atoms with van der Waals surface area (Å²) < 4.78 is 13.7. The van der Waals surface area contributed by atoms with E-state index < -0.39 is 11.8 Å². The van der Waals surface area contributed by atoms with E-state index in [0.29, 0.717) is 23.2 Å². The molecule has 0 bridgehead atoms. The second kappa shape index (κ2) is 6.17. The van der Waals surface area contributed by atoms with E-state index in [1.165, 1.54) is 12.1 Å². The van der Waals surface area contributed by atoms with E-state index >= 15 is 0 Å². The summed E-state index contributed by atoms with van der Waals surface area (Å²) in [5.74, 6) is -2.32. The number of carbonyl (C=O) groups is 2. The van der Waals surface area contributed by atoms with Gasteiger partial charge in [-0.3, -0.25) is 4.79 Å². The minimum atomic E-state index is -1.31. The zero-order chi connectivity index (χ0) is 15.4. The molecule has 0 aliphatic carbocycles. The second-order valence-corrected chi connectivity index (χ2v) is 4.44. The van der Waals surface area contributed by atoms with Crippen LogP contribution in [0.3, 0.4) is 0 Å². The van der Waals surface area contributed by atoms with E-state index in [1.807, 2.05) is 6.92 Å². The minimum Gasteiger partial charge on any atom is -0.478 e. The van der Waals surface area contributed by atoms with Gasteiger partial charge in [0.05, 0.1) is 5.56 Å². The van der Waals surface area contributed by atoms with E-state index in [-0.39, 0.29) is 11.5 Å². The van der Waals surface area contributed by atoms with E-state index in [9.17, 15) is 14.0 Å². The number of hydrogen-bond donors (Lipinski definition) is 2. The molecule has 2 N–H and O–H groups in total. The molecule has 2 rings (SSSR count). The lowest BCUT2D eigenvalue weighted by molar-refractivity contribution is 0.0691. The third kappa shape index (κ3) is 3.25. The highest BCUT2D eigenvalue weighted by Crippen LogP contribution is 2.23. The van der Waals surface area contributed by atoms with Gasteiger partial charge >= 0.3 is 5.97 Å². The van der Waals surface area contributed by atoms with Crippen molar-refractivity contribution in [1.82, 2.24) is 5.32 Å². The Morgan fingerprint density at radius 1 is 1.14 bits per heavy atom. The summed E-state index contributed by atoms with van der Waals surface area (Å²) in [5, 5.41) is 11.5. The minimum absolute atomic E-state index is 0.207. The van der Waals surface area contributed by atoms with Gasteiger partial charge in [0.1, 0.15) is 5.82 Å². The number of benzene rings is 2. The molecule has 0 unspecified atom stereocenters. The molecule has 0 aliphatic rings. The van der Waals surface area contributed by atoms with Crippen molar-refractivity contribution in [2.45, 2.75) is 6.92 Å². The smallest absolute Gasteiger partial charge is 0.338 e. The predicted octanol–water partition coefficient (Wildman–Crippen LogP) is 2.94. The fourth-order valence-electron chi connectivity index (χ4n) is 1.97. The van der Waals surface area contributed by atoms with Gasteiger partial charge in [0.2, 0.25) is 0 Å². The highest BCUT2D eigenvalue weighted by molar-refractivity contribution is 5.95. The van der Waals surface area contributed by atoms with Gasteiger partial charge in [0.15, 0.2) is 0 Å². The lowest BCUT2D eigenvalue weighted by Gasteiger charge is -2.07. The summed E-state index contributed by atoms with van der Waals surface area (Å²) in [6.07, 6.45) is 0. The first kappa shape index (κ1) is 14.7. The Morgan fingerprint density at radius 3 is 2.48 bits per heavy atom. The van der Waals surface area contributed by atoms with E-state index in [2.05, 4.69) is 5.32 Å². The Morgan fingerprint density at radius 2 is 1.86 bits per heavy atom. The normalized spacial score (nSPS) is 10.2. The number of carboxylic acid groups (broad SMARTS) is 1. The Hall–Kier alpha value is -2.69. The van der Waals surface area contributed by atoms with Gasteiger partial charge in [-0.15, -0.1) is 0 Å². The summed E-state index contributed by atoms with van der Waals surface area (Å²) in [7, 11) is 0. The molecular weight excluding hydrogens is 273 g/mol. The largest absolute Gasteiger partial charge is 0.478 e. The zero-order valence-corrected chi connectivity index (χ0v) is 11.4. The lowest BCUT2D eigenvalue weighted by Crippen LogP contribution is -2.22. The maximum absolute atomic E-state index is 13.7. The fourth-order valence-corrected chi connectivity index (χ4v) is 1.97. The molecule has 5 heteroatoms. The molecule has 0 heterocycles. The standard InChI is InChI=1S/C16H14FNO3/c1-2-18-15(19)12-5-3-4-10(8-12)11-6-7-13(16(20)21)14(17)9-11/h3-9H,2H2,1H3,(H,18,19)(H,20,21). The van der Waals surface area contributed by atoms with E-state index in [1.54, 1.807) is 24.3 Å². The third-order valence-electron chi connectivity index (χ3n) is 2.99. The molecule has 21 heavy (non-hydrogen) atoms. The number of amides is 1. The van der Waals surface area contributed by atoms with Crippen LogP contribution in [0.4, 0.5) is 4.39 Å². The number of aromatic carboxylic acids is 1. The maximum atomic E-state index is 13.7. The van der Waals surface area contributed by atoms with Gasteiger partial charge in [-0.05, 0) is 42.3 Å². The van der Waals surface area contributed by atoms with Crippen molar-refractivity contribution < 1.29 is 19.1 Å². The summed E-state index contributed by atoms with van der Waals surface area (Å²) in [6.45, 7) is 2.34. The molecule has 0 aromatic heterocycles. The van der Waals surface area contributed by atoms with Crippen LogP contribution in [0.15, 0.2) is 42.5 Å². The van der Waals surface area contributed by atoms with Gasteiger partial charge in [0, 0.05) is 12.1 Å². The Balaban J connectivity index is 2.38. The van der Waals surface area contributed by atoms with Crippen molar-refractivity contribution in [2.75, 3.05) is 6.54 Å². The van der Waals surface area contributed by atoms with Gasteiger partial charge in [-0.1, -0.05) is 18.2 Å². The summed E-state index contributed by atoms with van der Waals surface area (Å²) in [6, 6.07) is 10.6. The molecule has 0 saturated heterocycles. The quantitative estimate of drug-likeness (QED) is 0.908. The maximum Gasteiger partial charge on any atom is 0.338 e. The van der Waals surface area contributed by atoms with Crippen LogP contribution in [-0.4, -0.2) is 23.5 Å². The summed E-state index contributed by atoms with van der Waals surface area (Å²) in [5.41, 5.74) is 1.26. The summed E-state index contributed by atoms with van der Waals surface area (Å²) >= 11 is 0. The molecule has 0 fully saturated rings. The summed E-state index contributed by atoms with van der Waals surface area (Å²) in [4.78, 5) is 22.6. The van der Waals surface area contributed by atoms with Crippen LogP contribution in [0.25, 0.3) is 11.1 Å². The molecule has 0 spiro atoms. The molecule has 2 aromatic rings. The van der Waals surface area contributed by atoms with Crippen molar-refractivity contribution in [3.8, 4) is 11.1 Å². The Bertz CT molecular complexity index is 698. The van der Waals surface area contributed by atoms with Crippen LogP contribution in [0.5, 0.6) is 0 Å². The van der Waals surface area contributed by atoms with Crippen LogP contribution in [0.2, 0.25) is 0 Å². The molecule has 0 aliphatic heterocycles. The van der Waals surface area contributed by atoms with Crippen molar-refractivity contribution in [3.63, 3.8) is 0 Å². The fraction of sp³-hybridized carbons (Fsp3) is 0.125. The molecule has 4 nitrogen and oxygen atoms in total. The average molecular weight is 287 g/mol. The molecule has 0 radical (unpaired) electrons. The first-order valence-electron chi connectivity index (χ1n) is 6.44. The topological polar surface area (TPSA) is 66.4 Å². The lowest BCUT2D eigenvalue weighted by atomic mass is 10.0. The average Bonchev–Trinajstić information content (AvgIpc) is 2.47. The van der Waals surface area contributed by atoms with Gasteiger partial charge in [0.25, 0.3) is 5.91 Å². The van der Waals surface area contributed by atoms with Crippen LogP contribution >= 0.6 is 0 Å². The molecule has 108 valence electrons. The number of carbonyl (C=O) groups excluding carboxylic acids is 1. The molecule has 0 atom stereocenters. The van der Waals surface area contributed by atoms with Gasteiger partial charge in [-0.2, -0.15) is 0 Å². The van der Waals surface area contributed by atoms with Crippen LogP contribution in [0.1, 0.15) is 27.6 Å². The zero-order valence-electron chi connectivity index (χ0n) is 11.4. The van der Waals surface area contributed by atoms with E-state index in [0.717, 1.165) is 6.07 Å². The van der Waals surface area contributed by atoms with Crippen LogP contribution < -0.4 is 5.32 Å². The Labute approximate surface area is 121 Å². The van der Waals surface area contributed by atoms with Crippen LogP contribution in [0, 0.1) is 5.82 Å². The first-order valence-corrected chi connectivity index (χ1v) is 6.44. The monoisotopic (exact) mass is 287 g/mol. The van der Waals surface area contributed by atoms with Crippen LogP contribution in [-0.2, 0) is 0 Å². The molecule has 2 aromatic carbocycles. The molecule has 1 amide bonds. The SMILES string of the molecule is CCNC(=O)c1cccc(-c2ccc(C(=O)O)c(F)c2)c1. The number of carboxylic acids is 1. The number of hydrogen-bond acceptors (Lipinski definition) is 2. The van der Waals surface area contributed by atoms with Gasteiger partial charge < -0.3 is 10.4 Å². The molecule has 0 saturated carbocycles. The van der Waals surface area contributed by atoms with Crippen molar-refractivity contribution in [2.24, 2.45) is 0 Å². The third-order valence-corrected chi connectivity index (χ3v) is 2.99. The highest BCUT2D eigenvalue weighted by Gasteiger charge is 2.12. The first-order chi connectivity index (χ1) is 10.0. The van der Waals surface area contributed by atoms with Gasteiger partial charge in [-0.25, -0.2) is 9.18 Å². The predicted molar refractivity (Wildman–Crippen MR) is 76.8 cm³/mol. The number of rotatable bonds is 4. The molecular formula is C16H14FNO3. The van der Waals surface area contributed by atoms with E-state index in [4.69, 9.17) is 5.11 Å². The highest BCUT2D eigenvalue weighted by atomic mass is 19.1. The number of halogens is 1. The van der Waals surface area contributed by atoms with Crippen molar-refractivity contribution in [1.29, 1.82) is 0 Å². The Kier molecular flexibility index (Phi) is 4.33.